The zero-order valence-corrected chi connectivity index (χ0v) is 24.7. The van der Waals surface area contributed by atoms with Crippen molar-refractivity contribution in [3.05, 3.63) is 76.0 Å². The molecule has 6 N–H and O–H groups in total. The number of aryl methyl sites for hydroxylation is 1. The summed E-state index contributed by atoms with van der Waals surface area (Å²) in [6, 6.07) is 13.8. The molecule has 1 aromatic heterocycles. The number of piperidine rings is 1. The molecule has 3 aromatic rings. The smallest absolute Gasteiger partial charge is 0.351 e. The summed E-state index contributed by atoms with van der Waals surface area (Å²) in [5.74, 6) is -0.486. The first-order chi connectivity index (χ1) is 20.5. The predicted molar refractivity (Wildman–Crippen MR) is 163 cm³/mol. The lowest BCUT2D eigenvalue weighted by Gasteiger charge is -2.33. The second-order valence-corrected chi connectivity index (χ2v) is 12.1. The van der Waals surface area contributed by atoms with Crippen LogP contribution in [0.4, 0.5) is 5.69 Å². The van der Waals surface area contributed by atoms with E-state index in [0.717, 1.165) is 0 Å². The minimum absolute atomic E-state index is 0.0130. The van der Waals surface area contributed by atoms with Crippen molar-refractivity contribution in [3.63, 3.8) is 0 Å². The number of nitrogens with one attached hydrogen (secondary N) is 2. The highest BCUT2D eigenvalue weighted by molar-refractivity contribution is 7.97. The number of nitrogens with two attached hydrogens (primary N) is 2. The Hall–Kier alpha value is -4.85. The SMILES string of the molecule is CCOC(=O)C1=Cc2cc(OC3CCN(C(=N)N)CC3)ccc2N(Cc2cc(C)nn2-c2cccc(C(=N)N)c2)S1(=O)=O. The Kier molecular flexibility index (Phi) is 8.13. The molecule has 2 aromatic carbocycles. The summed E-state index contributed by atoms with van der Waals surface area (Å²) in [6.45, 7) is 4.49. The standard InChI is InChI=1S/C29H34N8O5S/c1-3-41-28(38)26-16-20-15-24(42-23-9-11-35(12-10-23)29(32)33)7-8-25(20)36(43(26,39)40)17-22-13-18(2)34-37(22)21-6-4-5-19(14-21)27(30)31/h4-8,13-16,23H,3,9-12,17H2,1-2H3,(H3,30,31)(H3,32,33). The number of hydrogen-bond acceptors (Lipinski definition) is 8. The van der Waals surface area contributed by atoms with Crippen LogP contribution < -0.4 is 20.5 Å². The van der Waals surface area contributed by atoms with E-state index < -0.39 is 20.9 Å². The number of amidine groups is 1. The number of carbonyl (C=O) groups is 1. The summed E-state index contributed by atoms with van der Waals surface area (Å²) in [4.78, 5) is 14.2. The molecular weight excluding hydrogens is 572 g/mol. The van der Waals surface area contributed by atoms with Crippen molar-refractivity contribution in [2.75, 3.05) is 24.0 Å². The summed E-state index contributed by atoms with van der Waals surface area (Å²) < 4.78 is 41.9. The first kappa shape index (κ1) is 29.6. The number of carbonyl (C=O) groups excluding carboxylic acids is 1. The number of hydrogen-bond donors (Lipinski definition) is 4. The van der Waals surface area contributed by atoms with Gasteiger partial charge >= 0.3 is 5.97 Å². The molecule has 0 radical (unpaired) electrons. The number of rotatable bonds is 8. The molecule has 43 heavy (non-hydrogen) atoms. The Morgan fingerprint density at radius 3 is 2.51 bits per heavy atom. The van der Waals surface area contributed by atoms with Gasteiger partial charge in [-0.05, 0) is 56.3 Å². The third-order valence-corrected chi connectivity index (χ3v) is 9.04. The average molecular weight is 607 g/mol. The van der Waals surface area contributed by atoms with Gasteiger partial charge in [-0.3, -0.25) is 15.1 Å². The van der Waals surface area contributed by atoms with Gasteiger partial charge in [0.05, 0.1) is 35.9 Å². The molecule has 1 saturated heterocycles. The number of fused-ring (bicyclic) bond motifs is 1. The van der Waals surface area contributed by atoms with Crippen LogP contribution in [0.5, 0.6) is 5.75 Å². The van der Waals surface area contributed by atoms with Crippen molar-refractivity contribution in [2.45, 2.75) is 39.3 Å². The van der Waals surface area contributed by atoms with Gasteiger partial charge in [0.2, 0.25) is 0 Å². The number of sulfonamides is 1. The molecule has 0 bridgehead atoms. The predicted octanol–water partition coefficient (Wildman–Crippen LogP) is 2.46. The van der Waals surface area contributed by atoms with E-state index in [0.29, 0.717) is 65.6 Å². The fraction of sp³-hybridized carbons (Fsp3) is 0.310. The van der Waals surface area contributed by atoms with Crippen molar-refractivity contribution in [3.8, 4) is 11.4 Å². The molecule has 0 saturated carbocycles. The van der Waals surface area contributed by atoms with E-state index in [2.05, 4.69) is 5.10 Å². The summed E-state index contributed by atoms with van der Waals surface area (Å²) >= 11 is 0. The quantitative estimate of drug-likeness (QED) is 0.169. The minimum atomic E-state index is -4.32. The number of anilines is 1. The first-order valence-electron chi connectivity index (χ1n) is 13.8. The molecule has 3 heterocycles. The number of nitrogens with zero attached hydrogens (tertiary/aromatic N) is 4. The molecular formula is C29H34N8O5S. The second kappa shape index (κ2) is 11.8. The molecule has 0 unspecified atom stereocenters. The van der Waals surface area contributed by atoms with Crippen LogP contribution in [-0.4, -0.2) is 66.7 Å². The van der Waals surface area contributed by atoms with Crippen LogP contribution in [0.3, 0.4) is 0 Å². The maximum absolute atomic E-state index is 13.9. The highest BCUT2D eigenvalue weighted by Gasteiger charge is 2.38. The van der Waals surface area contributed by atoms with Crippen molar-refractivity contribution in [1.82, 2.24) is 14.7 Å². The van der Waals surface area contributed by atoms with Crippen molar-refractivity contribution < 1.29 is 22.7 Å². The summed E-state index contributed by atoms with van der Waals surface area (Å²) in [6.07, 6.45) is 2.57. The molecule has 0 amide bonds. The van der Waals surface area contributed by atoms with Crippen molar-refractivity contribution in [2.24, 2.45) is 11.5 Å². The topological polar surface area (TPSA) is 194 Å². The van der Waals surface area contributed by atoms with Gasteiger partial charge in [0, 0.05) is 37.1 Å². The first-order valence-corrected chi connectivity index (χ1v) is 15.2. The van der Waals surface area contributed by atoms with E-state index in [9.17, 15) is 13.2 Å². The Morgan fingerprint density at radius 2 is 1.84 bits per heavy atom. The third-order valence-electron chi connectivity index (χ3n) is 7.30. The Balaban J connectivity index is 1.51. The molecule has 5 rings (SSSR count). The molecule has 0 spiro atoms. The Labute approximate surface area is 249 Å². The number of benzene rings is 2. The number of ether oxygens (including phenoxy) is 2. The van der Waals surface area contributed by atoms with Crippen LogP contribution in [0.15, 0.2) is 53.4 Å². The van der Waals surface area contributed by atoms with Gasteiger partial charge < -0.3 is 25.8 Å². The van der Waals surface area contributed by atoms with Crippen LogP contribution in [0.25, 0.3) is 11.8 Å². The Morgan fingerprint density at radius 1 is 1.09 bits per heavy atom. The molecule has 2 aliphatic rings. The summed E-state index contributed by atoms with van der Waals surface area (Å²) in [5.41, 5.74) is 14.4. The normalized spacial score (nSPS) is 16.3. The molecule has 13 nitrogen and oxygen atoms in total. The number of esters is 1. The molecule has 226 valence electrons. The number of guanidine groups is 1. The van der Waals surface area contributed by atoms with Gasteiger partial charge in [0.1, 0.15) is 17.7 Å². The van der Waals surface area contributed by atoms with Gasteiger partial charge in [-0.1, -0.05) is 12.1 Å². The van der Waals surface area contributed by atoms with Gasteiger partial charge in [-0.15, -0.1) is 0 Å². The third kappa shape index (κ3) is 6.04. The number of aromatic nitrogens is 2. The lowest BCUT2D eigenvalue weighted by molar-refractivity contribution is -0.137. The lowest BCUT2D eigenvalue weighted by atomic mass is 10.1. The molecule has 0 aliphatic carbocycles. The van der Waals surface area contributed by atoms with Crippen LogP contribution in [0.1, 0.15) is 42.3 Å². The highest BCUT2D eigenvalue weighted by atomic mass is 32.2. The van der Waals surface area contributed by atoms with Gasteiger partial charge in [0.15, 0.2) is 10.9 Å². The zero-order chi connectivity index (χ0) is 30.9. The molecule has 14 heteroatoms. The largest absolute Gasteiger partial charge is 0.490 e. The van der Waals surface area contributed by atoms with E-state index in [-0.39, 0.29) is 31.1 Å². The second-order valence-electron chi connectivity index (χ2n) is 10.3. The molecule has 2 aliphatic heterocycles. The van der Waals surface area contributed by atoms with Crippen molar-refractivity contribution >= 4 is 39.6 Å². The maximum Gasteiger partial charge on any atom is 0.351 e. The zero-order valence-electron chi connectivity index (χ0n) is 23.9. The van der Waals surface area contributed by atoms with Crippen LogP contribution in [0.2, 0.25) is 0 Å². The van der Waals surface area contributed by atoms with E-state index in [1.807, 2.05) is 0 Å². The summed E-state index contributed by atoms with van der Waals surface area (Å²) in [5, 5.41) is 20.0. The minimum Gasteiger partial charge on any atom is -0.490 e. The number of likely N-dealkylation sites (tertiary alicyclic amines) is 1. The molecule has 0 atom stereocenters. The van der Waals surface area contributed by atoms with Crippen LogP contribution >= 0.6 is 0 Å². The van der Waals surface area contributed by atoms with Gasteiger partial charge in [-0.2, -0.15) is 5.10 Å². The van der Waals surface area contributed by atoms with Gasteiger partial charge in [0.25, 0.3) is 10.0 Å². The average Bonchev–Trinajstić information content (AvgIpc) is 3.34. The van der Waals surface area contributed by atoms with E-state index in [1.165, 1.54) is 10.4 Å². The number of nitrogen functional groups attached to an aromatic ring is 1. The fourth-order valence-corrected chi connectivity index (χ4v) is 6.71. The van der Waals surface area contributed by atoms with E-state index in [4.69, 9.17) is 31.8 Å². The van der Waals surface area contributed by atoms with Crippen LogP contribution in [-0.2, 0) is 26.1 Å². The lowest BCUT2D eigenvalue weighted by Crippen LogP contribution is -2.44. The highest BCUT2D eigenvalue weighted by Crippen LogP contribution is 2.38. The molecule has 1 fully saturated rings. The van der Waals surface area contributed by atoms with E-state index in [1.54, 1.807) is 72.0 Å². The Bertz CT molecular complexity index is 1720. The van der Waals surface area contributed by atoms with Gasteiger partial charge in [-0.25, -0.2) is 17.9 Å². The van der Waals surface area contributed by atoms with E-state index >= 15 is 0 Å². The van der Waals surface area contributed by atoms with Crippen molar-refractivity contribution in [1.29, 1.82) is 10.8 Å². The summed E-state index contributed by atoms with van der Waals surface area (Å²) in [7, 11) is -4.32. The van der Waals surface area contributed by atoms with Crippen LogP contribution in [0, 0.1) is 17.7 Å². The fourth-order valence-electron chi connectivity index (χ4n) is 5.20. The maximum atomic E-state index is 13.9. The monoisotopic (exact) mass is 606 g/mol.